The highest BCUT2D eigenvalue weighted by Crippen LogP contribution is 2.32. The molecule has 0 aliphatic carbocycles. The van der Waals surface area contributed by atoms with Crippen LogP contribution in [0.2, 0.25) is 0 Å². The molecular weight excluding hydrogens is 252 g/mol. The smallest absolute Gasteiger partial charge is 0.299 e. The molecule has 4 heteroatoms. The molecule has 4 nitrogen and oxygen atoms in total. The molecule has 1 amide bonds. The van der Waals surface area contributed by atoms with E-state index >= 15 is 0 Å². The van der Waals surface area contributed by atoms with Crippen LogP contribution in [0.1, 0.15) is 38.1 Å². The Labute approximate surface area is 120 Å². The van der Waals surface area contributed by atoms with Gasteiger partial charge in [0, 0.05) is 25.3 Å². The van der Waals surface area contributed by atoms with Crippen LogP contribution in [0.25, 0.3) is 0 Å². The highest BCUT2D eigenvalue weighted by atomic mass is 16.2. The second kappa shape index (κ2) is 5.27. The van der Waals surface area contributed by atoms with E-state index in [1.54, 1.807) is 13.1 Å². The fourth-order valence-corrected chi connectivity index (χ4v) is 2.55. The Morgan fingerprint density at radius 1 is 1.15 bits per heavy atom. The Hall–Kier alpha value is -1.84. The summed E-state index contributed by atoms with van der Waals surface area (Å²) in [5, 5.41) is 0. The Balaban J connectivity index is 2.41. The van der Waals surface area contributed by atoms with Crippen LogP contribution in [0, 0.1) is 5.92 Å². The molecule has 2 rings (SSSR count). The number of anilines is 2. The number of rotatable bonds is 4. The van der Waals surface area contributed by atoms with E-state index in [-0.39, 0.29) is 0 Å². The molecule has 0 saturated carbocycles. The largest absolute Gasteiger partial charge is 0.369 e. The minimum atomic E-state index is -0.447. The van der Waals surface area contributed by atoms with Gasteiger partial charge in [0.15, 0.2) is 0 Å². The quantitative estimate of drug-likeness (QED) is 0.793. The molecule has 0 spiro atoms. The van der Waals surface area contributed by atoms with E-state index in [0.717, 1.165) is 12.2 Å². The average Bonchev–Trinajstić information content (AvgIpc) is 2.60. The zero-order chi connectivity index (χ0) is 15.0. The van der Waals surface area contributed by atoms with E-state index in [9.17, 15) is 9.59 Å². The highest BCUT2D eigenvalue weighted by Gasteiger charge is 2.33. The van der Waals surface area contributed by atoms with Crippen LogP contribution in [-0.4, -0.2) is 31.3 Å². The van der Waals surface area contributed by atoms with Gasteiger partial charge in [0.05, 0.1) is 11.3 Å². The van der Waals surface area contributed by atoms with Crippen molar-refractivity contribution in [3.05, 3.63) is 23.8 Å². The van der Waals surface area contributed by atoms with Crippen molar-refractivity contribution in [2.45, 2.75) is 33.7 Å². The molecule has 108 valence electrons. The molecule has 1 aromatic carbocycles. The van der Waals surface area contributed by atoms with Crippen molar-refractivity contribution in [3.8, 4) is 0 Å². The lowest BCUT2D eigenvalue weighted by molar-refractivity contribution is -0.114. The van der Waals surface area contributed by atoms with Gasteiger partial charge in [0.2, 0.25) is 0 Å². The topological polar surface area (TPSA) is 40.6 Å². The molecule has 1 aliphatic heterocycles. The molecule has 0 atom stereocenters. The second-order valence-corrected chi connectivity index (χ2v) is 6.03. The third-order valence-corrected chi connectivity index (χ3v) is 3.60. The Bertz CT molecular complexity index is 549. The van der Waals surface area contributed by atoms with E-state index in [4.69, 9.17) is 0 Å². The predicted octanol–water partition coefficient (Wildman–Crippen LogP) is 2.72. The number of carbonyl (C=O) groups is 2. The molecule has 0 aromatic heterocycles. The summed E-state index contributed by atoms with van der Waals surface area (Å²) in [6, 6.07) is 6.02. The number of Topliss-reactive ketones (excluding diaryl/α,β-unsaturated/α-hetero) is 1. The molecule has 0 N–H and O–H groups in total. The first kappa shape index (κ1) is 14.6. The second-order valence-electron chi connectivity index (χ2n) is 6.03. The molecule has 20 heavy (non-hydrogen) atoms. The van der Waals surface area contributed by atoms with Crippen LogP contribution in [-0.2, 0) is 4.79 Å². The number of benzene rings is 1. The van der Waals surface area contributed by atoms with Crippen LogP contribution >= 0.6 is 0 Å². The first-order chi connectivity index (χ1) is 9.32. The van der Waals surface area contributed by atoms with Gasteiger partial charge in [-0.3, -0.25) is 9.59 Å². The molecule has 1 aliphatic rings. The van der Waals surface area contributed by atoms with Gasteiger partial charge in [-0.25, -0.2) is 0 Å². The van der Waals surface area contributed by atoms with Crippen molar-refractivity contribution in [3.63, 3.8) is 0 Å². The summed E-state index contributed by atoms with van der Waals surface area (Å²) in [5.41, 5.74) is 2.28. The van der Waals surface area contributed by atoms with Gasteiger partial charge in [-0.2, -0.15) is 0 Å². The number of fused-ring (bicyclic) bond motifs is 1. The molecule has 0 radical (unpaired) electrons. The standard InChI is InChI=1S/C16H22N2O2/c1-10(2)9-18(11(3)4)12-6-7-13-14(8-12)17(5)16(20)15(13)19/h6-8,10-11H,9H2,1-5H3. The number of ketones is 1. The van der Waals surface area contributed by atoms with Crippen molar-refractivity contribution in [2.75, 3.05) is 23.4 Å². The highest BCUT2D eigenvalue weighted by molar-refractivity contribution is 6.52. The fraction of sp³-hybridized carbons (Fsp3) is 0.500. The van der Waals surface area contributed by atoms with Crippen LogP contribution in [0.5, 0.6) is 0 Å². The third kappa shape index (κ3) is 2.42. The van der Waals surface area contributed by atoms with Crippen molar-refractivity contribution < 1.29 is 9.59 Å². The van der Waals surface area contributed by atoms with Gasteiger partial charge in [-0.1, -0.05) is 13.8 Å². The van der Waals surface area contributed by atoms with Gasteiger partial charge in [0.1, 0.15) is 0 Å². The van der Waals surface area contributed by atoms with Crippen LogP contribution in [0.3, 0.4) is 0 Å². The van der Waals surface area contributed by atoms with Crippen LogP contribution in [0.4, 0.5) is 11.4 Å². The maximum absolute atomic E-state index is 11.8. The number of likely N-dealkylation sites (N-methyl/N-ethyl adjacent to an activating group) is 1. The minimum Gasteiger partial charge on any atom is -0.369 e. The van der Waals surface area contributed by atoms with Gasteiger partial charge < -0.3 is 9.80 Å². The molecule has 0 fully saturated rings. The van der Waals surface area contributed by atoms with Crippen LogP contribution in [0.15, 0.2) is 18.2 Å². The van der Waals surface area contributed by atoms with Gasteiger partial charge in [-0.05, 0) is 38.0 Å². The summed E-state index contributed by atoms with van der Waals surface area (Å²) in [6.07, 6.45) is 0. The summed E-state index contributed by atoms with van der Waals surface area (Å²) in [6.45, 7) is 9.61. The van der Waals surface area contributed by atoms with Crippen molar-refractivity contribution in [1.29, 1.82) is 0 Å². The number of carbonyl (C=O) groups excluding carboxylic acids is 2. The Morgan fingerprint density at radius 2 is 1.80 bits per heavy atom. The zero-order valence-corrected chi connectivity index (χ0v) is 12.8. The summed E-state index contributed by atoms with van der Waals surface area (Å²) < 4.78 is 0. The van der Waals surface area contributed by atoms with E-state index in [1.165, 1.54) is 4.90 Å². The van der Waals surface area contributed by atoms with E-state index in [1.807, 2.05) is 12.1 Å². The molecule has 1 aromatic rings. The monoisotopic (exact) mass is 274 g/mol. The first-order valence-electron chi connectivity index (χ1n) is 7.06. The summed E-state index contributed by atoms with van der Waals surface area (Å²) in [7, 11) is 1.65. The van der Waals surface area contributed by atoms with Gasteiger partial charge in [-0.15, -0.1) is 0 Å². The van der Waals surface area contributed by atoms with Crippen molar-refractivity contribution in [2.24, 2.45) is 5.92 Å². The van der Waals surface area contributed by atoms with E-state index < -0.39 is 11.7 Å². The minimum absolute atomic E-state index is 0.369. The lowest BCUT2D eigenvalue weighted by atomic mass is 10.1. The number of hydrogen-bond acceptors (Lipinski definition) is 3. The van der Waals surface area contributed by atoms with Crippen molar-refractivity contribution in [1.82, 2.24) is 0 Å². The molecular formula is C16H22N2O2. The summed E-state index contributed by atoms with van der Waals surface area (Å²) in [4.78, 5) is 27.2. The van der Waals surface area contributed by atoms with Gasteiger partial charge >= 0.3 is 0 Å². The lowest BCUT2D eigenvalue weighted by Gasteiger charge is -2.31. The molecule has 0 unspecified atom stereocenters. The van der Waals surface area contributed by atoms with E-state index in [2.05, 4.69) is 32.6 Å². The number of hydrogen-bond donors (Lipinski definition) is 0. The maximum atomic E-state index is 11.8. The van der Waals surface area contributed by atoms with E-state index in [0.29, 0.717) is 23.2 Å². The third-order valence-electron chi connectivity index (χ3n) is 3.60. The molecule has 0 saturated heterocycles. The van der Waals surface area contributed by atoms with Crippen molar-refractivity contribution >= 4 is 23.1 Å². The maximum Gasteiger partial charge on any atom is 0.299 e. The lowest BCUT2D eigenvalue weighted by Crippen LogP contribution is -2.34. The number of amides is 1. The summed E-state index contributed by atoms with van der Waals surface area (Å²) >= 11 is 0. The first-order valence-corrected chi connectivity index (χ1v) is 7.06. The Morgan fingerprint density at radius 3 is 2.35 bits per heavy atom. The van der Waals surface area contributed by atoms with Crippen LogP contribution < -0.4 is 9.80 Å². The fourth-order valence-electron chi connectivity index (χ4n) is 2.55. The molecule has 1 heterocycles. The average molecular weight is 274 g/mol. The SMILES string of the molecule is CC(C)CN(c1ccc2c(c1)N(C)C(=O)C2=O)C(C)C. The van der Waals surface area contributed by atoms with Gasteiger partial charge in [0.25, 0.3) is 11.7 Å². The Kier molecular flexibility index (Phi) is 3.84. The predicted molar refractivity (Wildman–Crippen MR) is 81.5 cm³/mol. The normalized spacial score (nSPS) is 14.4. The zero-order valence-electron chi connectivity index (χ0n) is 12.8. The number of nitrogens with zero attached hydrogens (tertiary/aromatic N) is 2. The summed E-state index contributed by atoms with van der Waals surface area (Å²) in [5.74, 6) is -0.308. The molecule has 0 bridgehead atoms.